The molecule has 1 saturated heterocycles. The molecule has 2 fully saturated rings. The van der Waals surface area contributed by atoms with E-state index in [1.165, 1.54) is 12.8 Å². The Bertz CT molecular complexity index is 1420. The summed E-state index contributed by atoms with van der Waals surface area (Å²) < 4.78 is 21.2. The average molecular weight is 520 g/mol. The van der Waals surface area contributed by atoms with Crippen LogP contribution in [0.3, 0.4) is 0 Å². The number of ether oxygens (including phenoxy) is 1. The van der Waals surface area contributed by atoms with Gasteiger partial charge >= 0.3 is 6.01 Å². The van der Waals surface area contributed by atoms with Crippen molar-refractivity contribution < 1.29 is 9.13 Å². The van der Waals surface area contributed by atoms with E-state index in [0.29, 0.717) is 22.9 Å². The van der Waals surface area contributed by atoms with Crippen molar-refractivity contribution in [2.75, 3.05) is 63.6 Å². The second-order valence-electron chi connectivity index (χ2n) is 10.5. The second kappa shape index (κ2) is 10.2. The molecular weight excluding hydrogens is 485 g/mol. The van der Waals surface area contributed by atoms with Crippen LogP contribution in [0.1, 0.15) is 30.1 Å². The minimum Gasteiger partial charge on any atom is -0.421 e. The van der Waals surface area contributed by atoms with Gasteiger partial charge in [0.15, 0.2) is 17.4 Å². The molecule has 0 radical (unpaired) electrons. The first-order valence-corrected chi connectivity index (χ1v) is 13.2. The van der Waals surface area contributed by atoms with Gasteiger partial charge in [-0.3, -0.25) is 10.00 Å². The summed E-state index contributed by atoms with van der Waals surface area (Å²) >= 11 is 0. The van der Waals surface area contributed by atoms with Crippen LogP contribution in [0.25, 0.3) is 10.9 Å². The Morgan fingerprint density at radius 3 is 2.66 bits per heavy atom. The smallest absolute Gasteiger partial charge is 0.326 e. The van der Waals surface area contributed by atoms with Gasteiger partial charge in [0, 0.05) is 79.6 Å². The molecule has 4 aromatic rings. The van der Waals surface area contributed by atoms with Gasteiger partial charge in [-0.1, -0.05) is 0 Å². The van der Waals surface area contributed by atoms with Crippen LogP contribution >= 0.6 is 0 Å². The van der Waals surface area contributed by atoms with Crippen LogP contribution in [-0.4, -0.2) is 88.3 Å². The first-order valence-electron chi connectivity index (χ1n) is 13.2. The number of piperazine rings is 1. The Morgan fingerprint density at radius 1 is 1.08 bits per heavy atom. The molecule has 2 aliphatic rings. The van der Waals surface area contributed by atoms with Crippen LogP contribution in [0.15, 0.2) is 30.3 Å². The predicted molar refractivity (Wildman–Crippen MR) is 146 cm³/mol. The fourth-order valence-corrected chi connectivity index (χ4v) is 4.83. The Labute approximate surface area is 221 Å². The number of fused-ring (bicyclic) bond motifs is 1. The molecule has 3 N–H and O–H groups in total. The topological polar surface area (TPSA) is 101 Å². The van der Waals surface area contributed by atoms with Gasteiger partial charge in [-0.2, -0.15) is 15.1 Å². The summed E-state index contributed by atoms with van der Waals surface area (Å²) in [5.74, 6) is 2.19. The zero-order valence-corrected chi connectivity index (χ0v) is 22.1. The van der Waals surface area contributed by atoms with Crippen molar-refractivity contribution in [3.63, 3.8) is 0 Å². The molecule has 1 aromatic carbocycles. The largest absolute Gasteiger partial charge is 0.421 e. The minimum absolute atomic E-state index is 0.0866. The maximum Gasteiger partial charge on any atom is 0.326 e. The molecule has 0 amide bonds. The predicted octanol–water partition coefficient (Wildman–Crippen LogP) is 4.23. The molecule has 0 atom stereocenters. The molecule has 0 bridgehead atoms. The quantitative estimate of drug-likeness (QED) is 0.302. The van der Waals surface area contributed by atoms with Crippen molar-refractivity contribution in [2.45, 2.75) is 25.7 Å². The fourth-order valence-electron chi connectivity index (χ4n) is 4.83. The summed E-state index contributed by atoms with van der Waals surface area (Å²) in [6, 6.07) is 9.19. The first-order chi connectivity index (χ1) is 18.4. The average Bonchev–Trinajstić information content (AvgIpc) is 3.53. The normalized spacial score (nSPS) is 16.5. The molecule has 0 spiro atoms. The Morgan fingerprint density at radius 2 is 1.89 bits per heavy atom. The lowest BCUT2D eigenvalue weighted by molar-refractivity contribution is 0.229. The molecule has 1 saturated carbocycles. The number of hydrogen-bond acceptors (Lipinski definition) is 8. The zero-order chi connectivity index (χ0) is 26.2. The maximum absolute atomic E-state index is 15.3. The van der Waals surface area contributed by atoms with Gasteiger partial charge in [-0.15, -0.1) is 0 Å². The van der Waals surface area contributed by atoms with E-state index < -0.39 is 5.82 Å². The fraction of sp³-hybridized carbons (Fsp3) is 0.444. The van der Waals surface area contributed by atoms with Gasteiger partial charge in [0.05, 0.1) is 0 Å². The minimum atomic E-state index is -0.439. The van der Waals surface area contributed by atoms with Gasteiger partial charge in [0.2, 0.25) is 0 Å². The third-order valence-electron chi connectivity index (χ3n) is 7.16. The molecule has 10 nitrogen and oxygen atoms in total. The SMILES string of the molecule is Cc1cc2c(F)c(Oc3nc(Nc4cc(C5CC5)[nH]n4)cc(N4CCN(CCN(C)C)CC4)n3)ccc2[nH]1. The van der Waals surface area contributed by atoms with E-state index in [4.69, 9.17) is 4.74 Å². The summed E-state index contributed by atoms with van der Waals surface area (Å²) in [5, 5.41) is 11.3. The number of halogens is 1. The summed E-state index contributed by atoms with van der Waals surface area (Å²) in [6.07, 6.45) is 2.38. The molecule has 4 heterocycles. The molecule has 1 aliphatic carbocycles. The van der Waals surface area contributed by atoms with E-state index in [0.717, 1.165) is 62.0 Å². The molecule has 38 heavy (non-hydrogen) atoms. The van der Waals surface area contributed by atoms with E-state index in [2.05, 4.69) is 59.3 Å². The molecule has 11 heteroatoms. The van der Waals surface area contributed by atoms with Gasteiger partial charge in [-0.25, -0.2) is 4.39 Å². The number of aromatic nitrogens is 5. The van der Waals surface area contributed by atoms with Crippen LogP contribution in [0.4, 0.5) is 21.8 Å². The summed E-state index contributed by atoms with van der Waals surface area (Å²) in [4.78, 5) is 19.3. The van der Waals surface area contributed by atoms with Crippen LogP contribution in [0, 0.1) is 12.7 Å². The first kappa shape index (κ1) is 24.6. The van der Waals surface area contributed by atoms with Crippen LogP contribution in [-0.2, 0) is 0 Å². The molecule has 6 rings (SSSR count). The van der Waals surface area contributed by atoms with Crippen LogP contribution < -0.4 is 15.0 Å². The van der Waals surface area contributed by atoms with Crippen molar-refractivity contribution in [1.29, 1.82) is 0 Å². The van der Waals surface area contributed by atoms with Crippen molar-refractivity contribution >= 4 is 28.4 Å². The van der Waals surface area contributed by atoms with E-state index in [1.807, 2.05) is 19.1 Å². The highest BCUT2D eigenvalue weighted by molar-refractivity contribution is 5.82. The highest BCUT2D eigenvalue weighted by Crippen LogP contribution is 2.40. The number of anilines is 3. The van der Waals surface area contributed by atoms with E-state index in [9.17, 15) is 0 Å². The maximum atomic E-state index is 15.3. The molecule has 1 aliphatic heterocycles. The highest BCUT2D eigenvalue weighted by atomic mass is 19.1. The van der Waals surface area contributed by atoms with Gasteiger partial charge in [0.25, 0.3) is 0 Å². The highest BCUT2D eigenvalue weighted by Gasteiger charge is 2.26. The molecule has 3 aromatic heterocycles. The number of hydrogen-bond donors (Lipinski definition) is 3. The van der Waals surface area contributed by atoms with Crippen molar-refractivity contribution in [3.8, 4) is 11.8 Å². The number of likely N-dealkylation sites (N-methyl/N-ethyl adjacent to an activating group) is 1. The van der Waals surface area contributed by atoms with Crippen LogP contribution in [0.2, 0.25) is 0 Å². The lowest BCUT2D eigenvalue weighted by atomic mass is 10.2. The third kappa shape index (κ3) is 5.44. The number of aromatic amines is 2. The van der Waals surface area contributed by atoms with Crippen molar-refractivity contribution in [2.24, 2.45) is 0 Å². The summed E-state index contributed by atoms with van der Waals surface area (Å²) in [7, 11) is 4.19. The molecule has 200 valence electrons. The Hall–Kier alpha value is -3.70. The van der Waals surface area contributed by atoms with Crippen LogP contribution in [0.5, 0.6) is 11.8 Å². The Kier molecular flexibility index (Phi) is 6.62. The molecular formula is C27H34FN9O. The number of rotatable bonds is 9. The lowest BCUT2D eigenvalue weighted by Gasteiger charge is -2.35. The van der Waals surface area contributed by atoms with E-state index >= 15 is 4.39 Å². The number of benzene rings is 1. The third-order valence-corrected chi connectivity index (χ3v) is 7.16. The summed E-state index contributed by atoms with van der Waals surface area (Å²) in [5.41, 5.74) is 2.74. The van der Waals surface area contributed by atoms with Crippen molar-refractivity contribution in [1.82, 2.24) is 34.9 Å². The molecule has 0 unspecified atom stereocenters. The standard InChI is InChI=1S/C27H34FN9O/c1-17-14-19-20(29-17)6-7-22(26(19)28)38-27-31-23(30-24-15-21(33-34-24)18-4-5-18)16-25(32-27)37-12-10-36(11-13-37)9-8-35(2)3/h6-7,14-16,18,29H,4-5,8-13H2,1-3H3,(H2,30,31,32,33,34). The summed E-state index contributed by atoms with van der Waals surface area (Å²) in [6.45, 7) is 7.52. The number of aryl methyl sites for hydroxylation is 1. The van der Waals surface area contributed by atoms with Gasteiger partial charge < -0.3 is 24.8 Å². The monoisotopic (exact) mass is 519 g/mol. The van der Waals surface area contributed by atoms with E-state index in [1.54, 1.807) is 18.2 Å². The second-order valence-corrected chi connectivity index (χ2v) is 10.5. The van der Waals surface area contributed by atoms with E-state index in [-0.39, 0.29) is 11.8 Å². The van der Waals surface area contributed by atoms with Gasteiger partial charge in [-0.05, 0) is 52.1 Å². The lowest BCUT2D eigenvalue weighted by Crippen LogP contribution is -2.48. The number of nitrogens with one attached hydrogen (secondary N) is 3. The van der Waals surface area contributed by atoms with Gasteiger partial charge in [0.1, 0.15) is 11.6 Å². The number of nitrogens with zero attached hydrogens (tertiary/aromatic N) is 6. The number of H-pyrrole nitrogens is 2. The van der Waals surface area contributed by atoms with Crippen molar-refractivity contribution in [3.05, 3.63) is 47.5 Å². The Balaban J connectivity index is 1.26. The zero-order valence-electron chi connectivity index (χ0n) is 22.1.